The van der Waals surface area contributed by atoms with Gasteiger partial charge in [-0.3, -0.25) is 9.69 Å². The number of hydrogen-bond donors (Lipinski definition) is 2. The third-order valence-electron chi connectivity index (χ3n) is 4.17. The van der Waals surface area contributed by atoms with E-state index in [4.69, 9.17) is 5.11 Å². The van der Waals surface area contributed by atoms with E-state index in [0.717, 1.165) is 25.3 Å². The number of nitrogens with zero attached hydrogens (tertiary/aromatic N) is 1. The van der Waals surface area contributed by atoms with Gasteiger partial charge in [-0.15, -0.1) is 0 Å². The molecular formula is C13H23NO3. The van der Waals surface area contributed by atoms with Crippen LogP contribution in [-0.2, 0) is 4.79 Å². The lowest BCUT2D eigenvalue weighted by molar-refractivity contribution is -0.145. The topological polar surface area (TPSA) is 60.8 Å². The normalized spacial score (nSPS) is 32.4. The highest BCUT2D eigenvalue weighted by molar-refractivity contribution is 5.73. The molecule has 3 atom stereocenters. The highest BCUT2D eigenvalue weighted by atomic mass is 16.4. The summed E-state index contributed by atoms with van der Waals surface area (Å²) in [7, 11) is 0. The SMILES string of the molecule is CC[C@H](C(=O)O)N1CC[C@H](O)[C@H](CC2CC2)C1. The Morgan fingerprint density at radius 3 is 2.65 bits per heavy atom. The van der Waals surface area contributed by atoms with Crippen molar-refractivity contribution in [3.8, 4) is 0 Å². The average molecular weight is 241 g/mol. The van der Waals surface area contributed by atoms with Gasteiger partial charge in [0.15, 0.2) is 0 Å². The number of carboxylic acid groups (broad SMARTS) is 1. The molecule has 17 heavy (non-hydrogen) atoms. The van der Waals surface area contributed by atoms with Crippen molar-refractivity contribution < 1.29 is 15.0 Å². The van der Waals surface area contributed by atoms with Crippen molar-refractivity contribution in [3.05, 3.63) is 0 Å². The van der Waals surface area contributed by atoms with E-state index in [2.05, 4.69) is 0 Å². The molecule has 0 unspecified atom stereocenters. The number of carboxylic acids is 1. The summed E-state index contributed by atoms with van der Waals surface area (Å²) in [6.07, 6.45) is 4.80. The summed E-state index contributed by atoms with van der Waals surface area (Å²) >= 11 is 0. The van der Waals surface area contributed by atoms with Crippen LogP contribution in [-0.4, -0.2) is 46.3 Å². The molecule has 4 nitrogen and oxygen atoms in total. The number of aliphatic carboxylic acids is 1. The van der Waals surface area contributed by atoms with Crippen molar-refractivity contribution in [2.45, 2.75) is 51.2 Å². The summed E-state index contributed by atoms with van der Waals surface area (Å²) in [4.78, 5) is 13.2. The van der Waals surface area contributed by atoms with Crippen molar-refractivity contribution in [1.82, 2.24) is 4.90 Å². The summed E-state index contributed by atoms with van der Waals surface area (Å²) in [6, 6.07) is -0.371. The van der Waals surface area contributed by atoms with Crippen molar-refractivity contribution >= 4 is 5.97 Å². The zero-order valence-electron chi connectivity index (χ0n) is 10.5. The Hall–Kier alpha value is -0.610. The summed E-state index contributed by atoms with van der Waals surface area (Å²) in [5.41, 5.74) is 0. The summed E-state index contributed by atoms with van der Waals surface area (Å²) in [5.74, 6) is 0.346. The van der Waals surface area contributed by atoms with E-state index in [0.29, 0.717) is 13.0 Å². The number of aliphatic hydroxyl groups excluding tert-OH is 1. The van der Waals surface area contributed by atoms with Crippen molar-refractivity contribution in [1.29, 1.82) is 0 Å². The fourth-order valence-corrected chi connectivity index (χ4v) is 2.93. The van der Waals surface area contributed by atoms with Crippen LogP contribution in [0.15, 0.2) is 0 Å². The molecule has 1 saturated heterocycles. The van der Waals surface area contributed by atoms with E-state index in [1.54, 1.807) is 0 Å². The first-order valence-electron chi connectivity index (χ1n) is 6.76. The van der Waals surface area contributed by atoms with Crippen LogP contribution in [0.25, 0.3) is 0 Å². The van der Waals surface area contributed by atoms with Crippen LogP contribution in [0.1, 0.15) is 39.0 Å². The second-order valence-corrected chi connectivity index (χ2v) is 5.55. The van der Waals surface area contributed by atoms with Crippen LogP contribution in [0.2, 0.25) is 0 Å². The number of piperidine rings is 1. The monoisotopic (exact) mass is 241 g/mol. The highest BCUT2D eigenvalue weighted by Crippen LogP contribution is 2.38. The maximum Gasteiger partial charge on any atom is 0.320 e. The molecule has 0 aromatic rings. The average Bonchev–Trinajstić information content (AvgIpc) is 3.07. The Kier molecular flexibility index (Phi) is 4.05. The number of likely N-dealkylation sites (tertiary alicyclic amines) is 1. The van der Waals surface area contributed by atoms with E-state index in [1.807, 2.05) is 11.8 Å². The summed E-state index contributed by atoms with van der Waals surface area (Å²) < 4.78 is 0. The quantitative estimate of drug-likeness (QED) is 0.762. The predicted molar refractivity (Wildman–Crippen MR) is 64.7 cm³/mol. The van der Waals surface area contributed by atoms with E-state index in [9.17, 15) is 9.90 Å². The summed E-state index contributed by atoms with van der Waals surface area (Å²) in [6.45, 7) is 3.38. The Balaban J connectivity index is 1.93. The van der Waals surface area contributed by atoms with Gasteiger partial charge in [-0.25, -0.2) is 0 Å². The lowest BCUT2D eigenvalue weighted by Gasteiger charge is -2.39. The Morgan fingerprint density at radius 1 is 1.41 bits per heavy atom. The zero-order chi connectivity index (χ0) is 12.4. The second kappa shape index (κ2) is 5.36. The Labute approximate surface area is 103 Å². The summed E-state index contributed by atoms with van der Waals surface area (Å²) in [5, 5.41) is 19.2. The Bertz CT molecular complexity index is 278. The van der Waals surface area contributed by atoms with Gasteiger partial charge in [0.2, 0.25) is 0 Å². The van der Waals surface area contributed by atoms with Crippen LogP contribution < -0.4 is 0 Å². The Morgan fingerprint density at radius 2 is 2.12 bits per heavy atom. The van der Waals surface area contributed by atoms with Gasteiger partial charge in [0, 0.05) is 13.1 Å². The maximum absolute atomic E-state index is 11.1. The fraction of sp³-hybridized carbons (Fsp3) is 0.923. The molecule has 2 N–H and O–H groups in total. The smallest absolute Gasteiger partial charge is 0.320 e. The van der Waals surface area contributed by atoms with Crippen LogP contribution in [0.4, 0.5) is 0 Å². The van der Waals surface area contributed by atoms with Crippen LogP contribution in [0.3, 0.4) is 0 Å². The van der Waals surface area contributed by atoms with Gasteiger partial charge in [-0.2, -0.15) is 0 Å². The van der Waals surface area contributed by atoms with Gasteiger partial charge in [-0.05, 0) is 31.1 Å². The van der Waals surface area contributed by atoms with Crippen molar-refractivity contribution in [2.24, 2.45) is 11.8 Å². The molecule has 0 bridgehead atoms. The molecule has 2 aliphatic rings. The van der Waals surface area contributed by atoms with Gasteiger partial charge in [-0.1, -0.05) is 19.8 Å². The van der Waals surface area contributed by atoms with Crippen molar-refractivity contribution in [2.75, 3.05) is 13.1 Å². The van der Waals surface area contributed by atoms with Gasteiger partial charge in [0.25, 0.3) is 0 Å². The number of hydrogen-bond acceptors (Lipinski definition) is 3. The molecule has 0 radical (unpaired) electrons. The first kappa shape index (κ1) is 12.8. The molecule has 4 heteroatoms. The van der Waals surface area contributed by atoms with E-state index >= 15 is 0 Å². The largest absolute Gasteiger partial charge is 0.480 e. The minimum atomic E-state index is -0.728. The minimum absolute atomic E-state index is 0.224. The lowest BCUT2D eigenvalue weighted by Crippen LogP contribution is -2.50. The molecule has 98 valence electrons. The molecular weight excluding hydrogens is 218 g/mol. The minimum Gasteiger partial charge on any atom is -0.480 e. The second-order valence-electron chi connectivity index (χ2n) is 5.55. The molecule has 0 spiro atoms. The molecule has 0 aromatic carbocycles. The van der Waals surface area contributed by atoms with Crippen LogP contribution in [0, 0.1) is 11.8 Å². The molecule has 1 saturated carbocycles. The predicted octanol–water partition coefficient (Wildman–Crippen LogP) is 1.33. The molecule has 2 rings (SSSR count). The molecule has 1 heterocycles. The number of carbonyl (C=O) groups is 1. The van der Waals surface area contributed by atoms with E-state index in [-0.39, 0.29) is 18.1 Å². The van der Waals surface area contributed by atoms with Crippen molar-refractivity contribution in [3.63, 3.8) is 0 Å². The number of aliphatic hydroxyl groups is 1. The third kappa shape index (κ3) is 3.19. The lowest BCUT2D eigenvalue weighted by atomic mass is 9.89. The third-order valence-corrected chi connectivity index (χ3v) is 4.17. The fourth-order valence-electron chi connectivity index (χ4n) is 2.93. The molecule has 0 aromatic heterocycles. The van der Waals surface area contributed by atoms with Crippen LogP contribution >= 0.6 is 0 Å². The first-order valence-corrected chi connectivity index (χ1v) is 6.76. The molecule has 1 aliphatic heterocycles. The highest BCUT2D eigenvalue weighted by Gasteiger charge is 2.36. The van der Waals surface area contributed by atoms with Gasteiger partial charge in [0.05, 0.1) is 6.10 Å². The number of rotatable bonds is 5. The van der Waals surface area contributed by atoms with Gasteiger partial charge in [0.1, 0.15) is 6.04 Å². The molecule has 2 fully saturated rings. The molecule has 0 amide bonds. The van der Waals surface area contributed by atoms with E-state index in [1.165, 1.54) is 12.8 Å². The van der Waals surface area contributed by atoms with Crippen LogP contribution in [0.5, 0.6) is 0 Å². The van der Waals surface area contributed by atoms with Gasteiger partial charge < -0.3 is 10.2 Å². The van der Waals surface area contributed by atoms with Gasteiger partial charge >= 0.3 is 5.97 Å². The maximum atomic E-state index is 11.1. The zero-order valence-corrected chi connectivity index (χ0v) is 10.5. The van der Waals surface area contributed by atoms with E-state index < -0.39 is 5.97 Å². The first-order chi connectivity index (χ1) is 8.11. The standard InChI is InChI=1S/C13H23NO3/c1-2-11(13(16)17)14-6-5-12(15)10(8-14)7-9-3-4-9/h9-12,15H,2-8H2,1H3,(H,16,17)/t10-,11-,12+/m1/s1. The molecule has 1 aliphatic carbocycles.